The second-order valence-corrected chi connectivity index (χ2v) is 7.93. The van der Waals surface area contributed by atoms with Crippen LogP contribution >= 0.6 is 46.6 Å². The average Bonchev–Trinajstić information content (AvgIpc) is 2.89. The highest BCUT2D eigenvalue weighted by Crippen LogP contribution is 2.32. The van der Waals surface area contributed by atoms with Crippen LogP contribution in [0.2, 0.25) is 0 Å². The largest absolute Gasteiger partial charge is 0.273 e. The number of carbonyl (C=O) groups excluding carboxylic acids is 2. The third-order valence-corrected chi connectivity index (χ3v) is 5.70. The third-order valence-electron chi connectivity index (χ3n) is 3.44. The molecule has 0 saturated carbocycles. The number of hydrogen-bond acceptors (Lipinski definition) is 4. The molecule has 0 bridgehead atoms. The van der Waals surface area contributed by atoms with Gasteiger partial charge in [-0.1, -0.05) is 78.6 Å². The minimum absolute atomic E-state index is 0.258. The minimum Gasteiger partial charge on any atom is -0.268 e. The number of carbonyl (C=O) groups is 2. The molecular formula is C19H12INO2S2. The number of nitrogens with zero attached hydrogens (tertiary/aromatic N) is 1. The van der Waals surface area contributed by atoms with Gasteiger partial charge in [-0.05, 0) is 46.4 Å². The molecule has 1 fully saturated rings. The van der Waals surface area contributed by atoms with Gasteiger partial charge >= 0.3 is 0 Å². The molecule has 0 atom stereocenters. The van der Waals surface area contributed by atoms with Crippen LogP contribution in [0.4, 0.5) is 0 Å². The van der Waals surface area contributed by atoms with Gasteiger partial charge in [-0.2, -0.15) is 0 Å². The molecule has 2 amide bonds. The molecule has 1 aliphatic rings. The molecule has 124 valence electrons. The Morgan fingerprint density at radius 3 is 2.48 bits per heavy atom. The molecule has 0 spiro atoms. The fourth-order valence-corrected chi connectivity index (χ4v) is 4.05. The van der Waals surface area contributed by atoms with E-state index in [-0.39, 0.29) is 16.1 Å². The molecule has 3 rings (SSSR count). The minimum atomic E-state index is -0.386. The summed E-state index contributed by atoms with van der Waals surface area (Å²) in [5.74, 6) is -0.764. The van der Waals surface area contributed by atoms with Crippen molar-refractivity contribution in [3.63, 3.8) is 0 Å². The van der Waals surface area contributed by atoms with Gasteiger partial charge in [0.1, 0.15) is 0 Å². The highest BCUT2D eigenvalue weighted by Gasteiger charge is 2.37. The normalized spacial score (nSPS) is 16.2. The summed E-state index contributed by atoms with van der Waals surface area (Å²) < 4.78 is 1.04. The lowest BCUT2D eigenvalue weighted by molar-refractivity contribution is -0.120. The monoisotopic (exact) mass is 477 g/mol. The molecule has 3 nitrogen and oxygen atoms in total. The summed E-state index contributed by atoms with van der Waals surface area (Å²) >= 11 is 8.45. The van der Waals surface area contributed by atoms with Crippen molar-refractivity contribution in [2.75, 3.05) is 0 Å². The second kappa shape index (κ2) is 8.07. The maximum absolute atomic E-state index is 12.7. The molecular weight excluding hydrogens is 465 g/mol. The standard InChI is InChI=1S/C19H12INO2S2/c20-15-11-5-4-10-14(15)17(22)21-18(23)16(25-19(21)24)12-6-9-13-7-2-1-3-8-13/h1-12H/b9-6+,16-12+. The Balaban J connectivity index is 1.81. The third kappa shape index (κ3) is 4.08. The Hall–Kier alpha value is -1.77. The zero-order valence-electron chi connectivity index (χ0n) is 12.9. The SMILES string of the molecule is O=C1/C(=C\C=C\c2ccccc2)SC(=S)N1C(=O)c1ccccc1I. The zero-order chi connectivity index (χ0) is 17.8. The first kappa shape index (κ1) is 18.0. The number of hydrogen-bond donors (Lipinski definition) is 0. The van der Waals surface area contributed by atoms with E-state index in [4.69, 9.17) is 12.2 Å². The molecule has 1 heterocycles. The maximum Gasteiger partial charge on any atom is 0.273 e. The van der Waals surface area contributed by atoms with Crippen LogP contribution in [0, 0.1) is 3.57 Å². The lowest BCUT2D eigenvalue weighted by atomic mass is 10.2. The lowest BCUT2D eigenvalue weighted by Crippen LogP contribution is -2.35. The molecule has 0 N–H and O–H groups in total. The molecule has 0 aliphatic carbocycles. The number of imide groups is 1. The van der Waals surface area contributed by atoms with Crippen molar-refractivity contribution in [1.82, 2.24) is 4.90 Å². The van der Waals surface area contributed by atoms with Gasteiger partial charge in [0, 0.05) is 3.57 Å². The highest BCUT2D eigenvalue weighted by atomic mass is 127. The summed E-state index contributed by atoms with van der Waals surface area (Å²) in [7, 11) is 0. The van der Waals surface area contributed by atoms with Gasteiger partial charge in [-0.15, -0.1) is 0 Å². The molecule has 6 heteroatoms. The number of thioether (sulfide) groups is 1. The molecule has 1 aliphatic heterocycles. The summed E-state index contributed by atoms with van der Waals surface area (Å²) in [6, 6.07) is 16.9. The smallest absolute Gasteiger partial charge is 0.268 e. The van der Waals surface area contributed by atoms with Gasteiger partial charge in [0.05, 0.1) is 10.5 Å². The Labute approximate surface area is 168 Å². The van der Waals surface area contributed by atoms with Crippen LogP contribution in [0.3, 0.4) is 0 Å². The van der Waals surface area contributed by atoms with Crippen LogP contribution < -0.4 is 0 Å². The van der Waals surface area contributed by atoms with Crippen molar-refractivity contribution in [3.8, 4) is 0 Å². The molecule has 1 saturated heterocycles. The van der Waals surface area contributed by atoms with Gasteiger partial charge in [-0.25, -0.2) is 4.90 Å². The summed E-state index contributed by atoms with van der Waals surface area (Å²) in [6.07, 6.45) is 5.38. The summed E-state index contributed by atoms with van der Waals surface area (Å²) in [6.45, 7) is 0. The van der Waals surface area contributed by atoms with Gasteiger partial charge < -0.3 is 0 Å². The van der Waals surface area contributed by atoms with E-state index < -0.39 is 0 Å². The van der Waals surface area contributed by atoms with Gasteiger partial charge in [0.2, 0.25) is 0 Å². The van der Waals surface area contributed by atoms with E-state index in [0.717, 1.165) is 25.8 Å². The Bertz CT molecular complexity index is 907. The predicted octanol–water partition coefficient (Wildman–Crippen LogP) is 4.89. The van der Waals surface area contributed by atoms with Crippen LogP contribution in [0.25, 0.3) is 6.08 Å². The van der Waals surface area contributed by atoms with Gasteiger partial charge in [0.15, 0.2) is 4.32 Å². The Kier molecular flexibility index (Phi) is 5.82. The number of benzene rings is 2. The molecule has 0 aromatic heterocycles. The van der Waals surface area contributed by atoms with Crippen molar-refractivity contribution in [2.45, 2.75) is 0 Å². The van der Waals surface area contributed by atoms with Crippen LogP contribution in [0.1, 0.15) is 15.9 Å². The topological polar surface area (TPSA) is 37.4 Å². The first-order valence-corrected chi connectivity index (χ1v) is 9.67. The highest BCUT2D eigenvalue weighted by molar-refractivity contribution is 14.1. The van der Waals surface area contributed by atoms with E-state index in [0.29, 0.717) is 10.5 Å². The molecule has 2 aromatic carbocycles. The van der Waals surface area contributed by atoms with Crippen molar-refractivity contribution >= 4 is 68.8 Å². The number of amides is 2. The first-order valence-electron chi connectivity index (χ1n) is 7.36. The molecule has 0 radical (unpaired) electrons. The summed E-state index contributed by atoms with van der Waals surface area (Å²) in [5.41, 5.74) is 1.50. The van der Waals surface area contributed by atoms with E-state index in [2.05, 4.69) is 22.6 Å². The number of allylic oxidation sites excluding steroid dienone is 2. The Morgan fingerprint density at radius 1 is 1.08 bits per heavy atom. The maximum atomic E-state index is 12.7. The fraction of sp³-hybridized carbons (Fsp3) is 0. The summed E-state index contributed by atoms with van der Waals surface area (Å²) in [5, 5.41) is 0. The van der Waals surface area contributed by atoms with E-state index in [1.165, 1.54) is 0 Å². The van der Waals surface area contributed by atoms with E-state index in [9.17, 15) is 9.59 Å². The molecule has 25 heavy (non-hydrogen) atoms. The fourth-order valence-electron chi connectivity index (χ4n) is 2.22. The van der Waals surface area contributed by atoms with Gasteiger partial charge in [-0.3, -0.25) is 9.59 Å². The lowest BCUT2D eigenvalue weighted by Gasteiger charge is -2.13. The number of halogens is 1. The first-order chi connectivity index (χ1) is 12.1. The molecule has 0 unspecified atom stereocenters. The van der Waals surface area contributed by atoms with E-state index in [1.54, 1.807) is 24.3 Å². The van der Waals surface area contributed by atoms with E-state index in [1.807, 2.05) is 48.5 Å². The van der Waals surface area contributed by atoms with Crippen molar-refractivity contribution in [1.29, 1.82) is 0 Å². The van der Waals surface area contributed by atoms with Crippen molar-refractivity contribution in [3.05, 3.63) is 86.4 Å². The van der Waals surface area contributed by atoms with Crippen molar-refractivity contribution in [2.24, 2.45) is 0 Å². The van der Waals surface area contributed by atoms with Crippen LogP contribution in [0.5, 0.6) is 0 Å². The number of thiocarbonyl (C=S) groups is 1. The van der Waals surface area contributed by atoms with E-state index >= 15 is 0 Å². The van der Waals surface area contributed by atoms with Crippen molar-refractivity contribution < 1.29 is 9.59 Å². The van der Waals surface area contributed by atoms with Crippen LogP contribution in [0.15, 0.2) is 71.7 Å². The number of rotatable bonds is 3. The summed E-state index contributed by atoms with van der Waals surface area (Å²) in [4.78, 5) is 26.8. The Morgan fingerprint density at radius 2 is 1.76 bits per heavy atom. The zero-order valence-corrected chi connectivity index (χ0v) is 16.7. The van der Waals surface area contributed by atoms with Crippen LogP contribution in [-0.2, 0) is 4.79 Å². The average molecular weight is 477 g/mol. The van der Waals surface area contributed by atoms with Gasteiger partial charge in [0.25, 0.3) is 11.8 Å². The van der Waals surface area contributed by atoms with Crippen LogP contribution in [-0.4, -0.2) is 21.0 Å². The molecule has 2 aromatic rings. The quantitative estimate of drug-likeness (QED) is 0.273. The second-order valence-electron chi connectivity index (χ2n) is 5.09. The predicted molar refractivity (Wildman–Crippen MR) is 114 cm³/mol.